The van der Waals surface area contributed by atoms with Gasteiger partial charge in [-0.3, -0.25) is 0 Å². The molecule has 1 saturated carbocycles. The zero-order valence-corrected chi connectivity index (χ0v) is 14.2. The van der Waals surface area contributed by atoms with Gasteiger partial charge < -0.3 is 15.0 Å². The average Bonchev–Trinajstić information content (AvgIpc) is 3.02. The lowest BCUT2D eigenvalue weighted by atomic mass is 10.1. The molecule has 1 aliphatic heterocycles. The van der Waals surface area contributed by atoms with Crippen molar-refractivity contribution in [2.24, 2.45) is 0 Å². The lowest BCUT2D eigenvalue weighted by Crippen LogP contribution is -2.41. The van der Waals surface area contributed by atoms with Gasteiger partial charge in [0.05, 0.1) is 0 Å². The van der Waals surface area contributed by atoms with Gasteiger partial charge in [0, 0.05) is 42.6 Å². The first kappa shape index (κ1) is 15.6. The molecule has 0 spiro atoms. The number of rotatable bonds is 3. The molecule has 0 bridgehead atoms. The van der Waals surface area contributed by atoms with Crippen LogP contribution in [0.4, 0.5) is 10.6 Å². The summed E-state index contributed by atoms with van der Waals surface area (Å²) in [6.07, 6.45) is 7.90. The Hall–Kier alpha value is -1.30. The Morgan fingerprint density at radius 2 is 1.95 bits per heavy atom. The van der Waals surface area contributed by atoms with Crippen LogP contribution in [0.3, 0.4) is 0 Å². The van der Waals surface area contributed by atoms with Gasteiger partial charge in [0.2, 0.25) is 0 Å². The third kappa shape index (κ3) is 4.12. The molecular formula is C16H22BrN3O2. The molecule has 1 aromatic rings. The van der Waals surface area contributed by atoms with E-state index in [2.05, 4.69) is 31.1 Å². The number of carbonyl (C=O) groups is 1. The summed E-state index contributed by atoms with van der Waals surface area (Å²) in [5.41, 5.74) is 0. The Bertz CT molecular complexity index is 495. The summed E-state index contributed by atoms with van der Waals surface area (Å²) in [5.74, 6) is 0.983. The summed E-state index contributed by atoms with van der Waals surface area (Å²) in [4.78, 5) is 18.5. The normalized spacial score (nSPS) is 20.1. The molecule has 0 radical (unpaired) electrons. The minimum absolute atomic E-state index is 0.0214. The summed E-state index contributed by atoms with van der Waals surface area (Å²) >= 11 is 3.40. The summed E-state index contributed by atoms with van der Waals surface area (Å²) in [6, 6.07) is 4.33. The molecule has 0 unspecified atom stereocenters. The third-order valence-corrected chi connectivity index (χ3v) is 4.90. The maximum Gasteiger partial charge on any atom is 0.407 e. The Balaban J connectivity index is 1.43. The Labute approximate surface area is 139 Å². The molecule has 1 aliphatic carbocycles. The molecule has 120 valence electrons. The van der Waals surface area contributed by atoms with Crippen molar-refractivity contribution in [2.75, 3.05) is 18.0 Å². The molecular weight excluding hydrogens is 346 g/mol. The molecule has 22 heavy (non-hydrogen) atoms. The molecule has 2 heterocycles. The van der Waals surface area contributed by atoms with Crippen LogP contribution >= 0.6 is 15.9 Å². The number of aromatic nitrogens is 1. The molecule has 2 aliphatic rings. The van der Waals surface area contributed by atoms with Gasteiger partial charge in [0.15, 0.2) is 0 Å². The largest absolute Gasteiger partial charge is 0.446 e. The zero-order chi connectivity index (χ0) is 15.4. The van der Waals surface area contributed by atoms with Crippen LogP contribution < -0.4 is 10.2 Å². The van der Waals surface area contributed by atoms with E-state index in [1.165, 1.54) is 12.8 Å². The number of hydrogen-bond acceptors (Lipinski definition) is 4. The van der Waals surface area contributed by atoms with Crippen LogP contribution in [0, 0.1) is 0 Å². The fraction of sp³-hybridized carbons (Fsp3) is 0.625. The second-order valence-electron chi connectivity index (χ2n) is 6.05. The van der Waals surface area contributed by atoms with Gasteiger partial charge in [-0.2, -0.15) is 0 Å². The number of nitrogens with zero attached hydrogens (tertiary/aromatic N) is 2. The first-order valence-electron chi connectivity index (χ1n) is 8.04. The Kier molecular flexibility index (Phi) is 5.18. The van der Waals surface area contributed by atoms with Crippen LogP contribution in [0.1, 0.15) is 38.5 Å². The summed E-state index contributed by atoms with van der Waals surface area (Å²) in [6.45, 7) is 1.74. The van der Waals surface area contributed by atoms with Crippen LogP contribution in [0.2, 0.25) is 0 Å². The SMILES string of the molecule is O=C(NC1CCCC1)OC1CCN(c2ccc(Br)cn2)CC1. The monoisotopic (exact) mass is 367 g/mol. The first-order valence-corrected chi connectivity index (χ1v) is 8.83. The number of alkyl carbamates (subject to hydrolysis) is 1. The van der Waals surface area contributed by atoms with E-state index in [9.17, 15) is 4.79 Å². The summed E-state index contributed by atoms with van der Waals surface area (Å²) < 4.78 is 6.54. The van der Waals surface area contributed by atoms with E-state index in [4.69, 9.17) is 4.74 Å². The van der Waals surface area contributed by atoms with Crippen LogP contribution in [-0.4, -0.2) is 36.3 Å². The van der Waals surface area contributed by atoms with Gasteiger partial charge >= 0.3 is 6.09 Å². The number of carbonyl (C=O) groups excluding carboxylic acids is 1. The Morgan fingerprint density at radius 1 is 1.23 bits per heavy atom. The lowest BCUT2D eigenvalue weighted by molar-refractivity contribution is 0.0806. The number of hydrogen-bond donors (Lipinski definition) is 1. The minimum atomic E-state index is -0.243. The number of amides is 1. The van der Waals surface area contributed by atoms with Gasteiger partial charge in [-0.15, -0.1) is 0 Å². The standard InChI is InChI=1S/C16H22BrN3O2/c17-12-5-6-15(18-11-12)20-9-7-14(8-10-20)22-16(21)19-13-3-1-2-4-13/h5-6,11,13-14H,1-4,7-10H2,(H,19,21). The fourth-order valence-electron chi connectivity index (χ4n) is 3.18. The molecule has 2 fully saturated rings. The number of halogens is 1. The van der Waals surface area contributed by atoms with Crippen molar-refractivity contribution in [3.8, 4) is 0 Å². The highest BCUT2D eigenvalue weighted by atomic mass is 79.9. The molecule has 0 atom stereocenters. The smallest absolute Gasteiger partial charge is 0.407 e. The highest BCUT2D eigenvalue weighted by Gasteiger charge is 2.24. The lowest BCUT2D eigenvalue weighted by Gasteiger charge is -2.32. The van der Waals surface area contributed by atoms with Crippen molar-refractivity contribution < 1.29 is 9.53 Å². The number of pyridine rings is 1. The second-order valence-corrected chi connectivity index (χ2v) is 6.97. The fourth-order valence-corrected chi connectivity index (χ4v) is 3.41. The molecule has 1 aromatic heterocycles. The van der Waals surface area contributed by atoms with Gasteiger partial charge in [0.25, 0.3) is 0 Å². The van der Waals surface area contributed by atoms with Gasteiger partial charge in [0.1, 0.15) is 11.9 Å². The maximum absolute atomic E-state index is 11.9. The highest BCUT2D eigenvalue weighted by molar-refractivity contribution is 9.10. The van der Waals surface area contributed by atoms with Crippen LogP contribution in [-0.2, 0) is 4.74 Å². The van der Waals surface area contributed by atoms with E-state index in [-0.39, 0.29) is 12.2 Å². The van der Waals surface area contributed by atoms with Crippen molar-refractivity contribution in [1.82, 2.24) is 10.3 Å². The predicted molar refractivity (Wildman–Crippen MR) is 89.0 cm³/mol. The first-order chi connectivity index (χ1) is 10.7. The molecule has 1 N–H and O–H groups in total. The summed E-state index contributed by atoms with van der Waals surface area (Å²) in [5, 5.41) is 2.98. The van der Waals surface area contributed by atoms with E-state index in [1.807, 2.05) is 18.3 Å². The quantitative estimate of drug-likeness (QED) is 0.888. The van der Waals surface area contributed by atoms with E-state index in [1.54, 1.807) is 0 Å². The molecule has 6 heteroatoms. The predicted octanol–water partition coefficient (Wildman–Crippen LogP) is 3.48. The summed E-state index contributed by atoms with van der Waals surface area (Å²) in [7, 11) is 0. The third-order valence-electron chi connectivity index (χ3n) is 4.43. The van der Waals surface area contributed by atoms with Gasteiger partial charge in [-0.25, -0.2) is 9.78 Å². The average molecular weight is 368 g/mol. The number of piperidine rings is 1. The number of nitrogens with one attached hydrogen (secondary N) is 1. The number of anilines is 1. The van der Waals surface area contributed by atoms with Gasteiger partial charge in [-0.05, 0) is 40.9 Å². The second kappa shape index (κ2) is 7.31. The molecule has 1 amide bonds. The molecule has 3 rings (SSSR count). The minimum Gasteiger partial charge on any atom is -0.446 e. The van der Waals surface area contributed by atoms with Crippen LogP contribution in [0.5, 0.6) is 0 Å². The van der Waals surface area contributed by atoms with E-state index < -0.39 is 0 Å². The van der Waals surface area contributed by atoms with Crippen molar-refractivity contribution in [1.29, 1.82) is 0 Å². The van der Waals surface area contributed by atoms with E-state index in [0.717, 1.165) is 49.1 Å². The van der Waals surface area contributed by atoms with Gasteiger partial charge in [-0.1, -0.05) is 12.8 Å². The van der Waals surface area contributed by atoms with Crippen molar-refractivity contribution in [3.05, 3.63) is 22.8 Å². The Morgan fingerprint density at radius 3 is 2.59 bits per heavy atom. The van der Waals surface area contributed by atoms with Crippen molar-refractivity contribution in [3.63, 3.8) is 0 Å². The molecule has 1 saturated heterocycles. The molecule has 0 aromatic carbocycles. The zero-order valence-electron chi connectivity index (χ0n) is 12.6. The van der Waals surface area contributed by atoms with Crippen LogP contribution in [0.25, 0.3) is 0 Å². The van der Waals surface area contributed by atoms with Crippen molar-refractivity contribution >= 4 is 27.8 Å². The number of ether oxygens (including phenoxy) is 1. The van der Waals surface area contributed by atoms with Crippen LogP contribution in [0.15, 0.2) is 22.8 Å². The van der Waals surface area contributed by atoms with E-state index >= 15 is 0 Å². The highest BCUT2D eigenvalue weighted by Crippen LogP contribution is 2.22. The topological polar surface area (TPSA) is 54.5 Å². The van der Waals surface area contributed by atoms with E-state index in [0.29, 0.717) is 6.04 Å². The van der Waals surface area contributed by atoms with Crippen molar-refractivity contribution in [2.45, 2.75) is 50.7 Å². The maximum atomic E-state index is 11.9. The molecule has 5 nitrogen and oxygen atoms in total.